The van der Waals surface area contributed by atoms with Crippen molar-refractivity contribution >= 4 is 62.9 Å². The number of hydrogen-bond donors (Lipinski definition) is 3. The highest BCUT2D eigenvalue weighted by Gasteiger charge is 2.16. The molecule has 5 rings (SSSR count). The molecule has 0 spiro atoms. The van der Waals surface area contributed by atoms with Gasteiger partial charge in [0.15, 0.2) is 11.5 Å². The molecule has 1 aliphatic heterocycles. The summed E-state index contributed by atoms with van der Waals surface area (Å²) in [6, 6.07) is 28.5. The lowest BCUT2D eigenvalue weighted by Crippen LogP contribution is -2.30. The Balaban J connectivity index is 1.20. The number of nitrogens with one attached hydrogen (secondary N) is 3. The minimum Gasteiger partial charge on any atom is -0.486 e. The van der Waals surface area contributed by atoms with E-state index in [2.05, 4.69) is 31.9 Å². The van der Waals surface area contributed by atoms with Crippen LogP contribution in [0.3, 0.4) is 0 Å². The Morgan fingerprint density at radius 1 is 0.786 bits per heavy atom. The lowest BCUT2D eigenvalue weighted by Gasteiger charge is -2.19. The van der Waals surface area contributed by atoms with Gasteiger partial charge in [0.25, 0.3) is 11.8 Å². The summed E-state index contributed by atoms with van der Waals surface area (Å²) in [4.78, 5) is 39.4. The Labute approximate surface area is 255 Å². The average Bonchev–Trinajstić information content (AvgIpc) is 3.01. The number of rotatable bonds is 9. The van der Waals surface area contributed by atoms with Crippen molar-refractivity contribution < 1.29 is 23.9 Å². The van der Waals surface area contributed by atoms with Crippen molar-refractivity contribution in [1.82, 2.24) is 5.32 Å². The molecule has 0 fully saturated rings. The summed E-state index contributed by atoms with van der Waals surface area (Å²) in [7, 11) is 0. The van der Waals surface area contributed by atoms with Gasteiger partial charge in [-0.2, -0.15) is 0 Å². The van der Waals surface area contributed by atoms with Gasteiger partial charge in [0, 0.05) is 32.4 Å². The minimum atomic E-state index is -0.474. The third-order valence-electron chi connectivity index (χ3n) is 6.00. The van der Waals surface area contributed by atoms with E-state index < -0.39 is 11.8 Å². The molecule has 0 aliphatic carbocycles. The Kier molecular flexibility index (Phi) is 9.58. The summed E-state index contributed by atoms with van der Waals surface area (Å²) in [5.74, 6) is 0.441. The molecule has 0 bridgehead atoms. The molecule has 4 aromatic carbocycles. The maximum Gasteiger partial charge on any atom is 0.272 e. The molecule has 4 aromatic rings. The number of benzene rings is 4. The van der Waals surface area contributed by atoms with E-state index in [1.54, 1.807) is 60.7 Å². The van der Waals surface area contributed by atoms with Gasteiger partial charge in [0.1, 0.15) is 18.9 Å². The highest BCUT2D eigenvalue weighted by molar-refractivity contribution is 9.10. The highest BCUT2D eigenvalue weighted by Crippen LogP contribution is 2.32. The molecule has 10 heteroatoms. The summed E-state index contributed by atoms with van der Waals surface area (Å²) >= 11 is 4.80. The highest BCUT2D eigenvalue weighted by atomic mass is 79.9. The zero-order valence-electron chi connectivity index (χ0n) is 22.3. The first-order chi connectivity index (χ1) is 20.4. The summed E-state index contributed by atoms with van der Waals surface area (Å²) in [5.41, 5.74) is 2.44. The number of anilines is 2. The van der Waals surface area contributed by atoms with E-state index in [-0.39, 0.29) is 17.4 Å². The molecule has 0 saturated heterocycles. The van der Waals surface area contributed by atoms with Crippen molar-refractivity contribution in [3.05, 3.63) is 118 Å². The van der Waals surface area contributed by atoms with Crippen LogP contribution in [0.4, 0.5) is 11.4 Å². The van der Waals surface area contributed by atoms with Gasteiger partial charge in [-0.05, 0) is 72.3 Å². The van der Waals surface area contributed by atoms with Gasteiger partial charge in [0.2, 0.25) is 5.91 Å². The lowest BCUT2D eigenvalue weighted by molar-refractivity contribution is -0.114. The number of thioether (sulfide) groups is 1. The second kappa shape index (κ2) is 13.9. The van der Waals surface area contributed by atoms with Crippen molar-refractivity contribution in [2.24, 2.45) is 0 Å². The number of carbonyl (C=O) groups excluding carboxylic acids is 3. The van der Waals surface area contributed by atoms with Crippen LogP contribution < -0.4 is 25.4 Å². The fourth-order valence-corrected chi connectivity index (χ4v) is 5.12. The Morgan fingerprint density at radius 2 is 1.52 bits per heavy atom. The maximum atomic E-state index is 13.3. The largest absolute Gasteiger partial charge is 0.486 e. The molecule has 1 heterocycles. The first kappa shape index (κ1) is 29.0. The van der Waals surface area contributed by atoms with Crippen LogP contribution in [0.2, 0.25) is 0 Å². The van der Waals surface area contributed by atoms with Crippen LogP contribution in [0.1, 0.15) is 15.9 Å². The molecule has 1 aliphatic rings. The molecule has 0 atom stereocenters. The summed E-state index contributed by atoms with van der Waals surface area (Å²) in [5, 5.41) is 8.44. The van der Waals surface area contributed by atoms with Crippen LogP contribution in [0, 0.1) is 0 Å². The lowest BCUT2D eigenvalue weighted by atomic mass is 10.1. The van der Waals surface area contributed by atoms with Crippen molar-refractivity contribution in [2.45, 2.75) is 4.90 Å². The zero-order chi connectivity index (χ0) is 29.3. The van der Waals surface area contributed by atoms with Gasteiger partial charge in [-0.25, -0.2) is 0 Å². The standard InChI is InChI=1S/C32H26BrN3O5S/c33-23-8-4-5-21(17-23)18-27(36-31(38)22-6-2-1-3-7-22)32(39)35-24-9-12-26(13-10-24)42-20-30(37)34-25-11-14-28-29(19-25)41-16-15-40-28/h1-14,17-19H,15-16,20H2,(H,34,37)(H,35,39)(H,36,38)/b27-18-. The normalized spacial score (nSPS) is 12.3. The summed E-state index contributed by atoms with van der Waals surface area (Å²) < 4.78 is 11.9. The molecule has 0 saturated carbocycles. The SMILES string of the molecule is O=C(CSc1ccc(NC(=O)/C(=C/c2cccc(Br)c2)NC(=O)c2ccccc2)cc1)Nc1ccc2c(c1)OCCO2. The van der Waals surface area contributed by atoms with Crippen LogP contribution in [-0.2, 0) is 9.59 Å². The Morgan fingerprint density at radius 3 is 2.29 bits per heavy atom. The number of halogens is 1. The van der Waals surface area contributed by atoms with Gasteiger partial charge in [-0.1, -0.05) is 46.3 Å². The van der Waals surface area contributed by atoms with Crippen LogP contribution in [0.5, 0.6) is 11.5 Å². The third kappa shape index (κ3) is 8.02. The molecular weight excluding hydrogens is 618 g/mol. The molecule has 212 valence electrons. The van der Waals surface area contributed by atoms with E-state index in [1.807, 2.05) is 42.5 Å². The van der Waals surface area contributed by atoms with Crippen molar-refractivity contribution in [3.63, 3.8) is 0 Å². The Hall–Kier alpha value is -4.54. The number of hydrogen-bond acceptors (Lipinski definition) is 6. The van der Waals surface area contributed by atoms with Gasteiger partial charge in [-0.3, -0.25) is 14.4 Å². The fourth-order valence-electron chi connectivity index (χ4n) is 4.01. The topological polar surface area (TPSA) is 106 Å². The van der Waals surface area contributed by atoms with Crippen molar-refractivity contribution in [1.29, 1.82) is 0 Å². The molecule has 0 unspecified atom stereocenters. The van der Waals surface area contributed by atoms with E-state index in [0.717, 1.165) is 14.9 Å². The molecular formula is C32H26BrN3O5S. The average molecular weight is 645 g/mol. The predicted octanol–water partition coefficient (Wildman–Crippen LogP) is 6.36. The monoisotopic (exact) mass is 643 g/mol. The third-order valence-corrected chi connectivity index (χ3v) is 7.50. The molecule has 42 heavy (non-hydrogen) atoms. The van der Waals surface area contributed by atoms with Gasteiger partial charge in [0.05, 0.1) is 5.75 Å². The van der Waals surface area contributed by atoms with E-state index in [9.17, 15) is 14.4 Å². The van der Waals surface area contributed by atoms with Crippen LogP contribution in [-0.4, -0.2) is 36.7 Å². The van der Waals surface area contributed by atoms with Gasteiger partial charge < -0.3 is 25.4 Å². The predicted molar refractivity (Wildman–Crippen MR) is 168 cm³/mol. The second-order valence-corrected chi connectivity index (χ2v) is 11.1. The maximum absolute atomic E-state index is 13.3. The molecule has 3 N–H and O–H groups in total. The van der Waals surface area contributed by atoms with Crippen LogP contribution in [0.15, 0.2) is 112 Å². The first-order valence-corrected chi connectivity index (χ1v) is 14.8. The van der Waals surface area contributed by atoms with Crippen molar-refractivity contribution in [3.8, 4) is 11.5 Å². The van der Waals surface area contributed by atoms with E-state index >= 15 is 0 Å². The van der Waals surface area contributed by atoms with Gasteiger partial charge in [-0.15, -0.1) is 11.8 Å². The van der Waals surface area contributed by atoms with Crippen LogP contribution >= 0.6 is 27.7 Å². The Bertz CT molecular complexity index is 1630. The molecule has 3 amide bonds. The van der Waals surface area contributed by atoms with Crippen LogP contribution in [0.25, 0.3) is 6.08 Å². The molecule has 0 radical (unpaired) electrons. The fraction of sp³-hybridized carbons (Fsp3) is 0.0938. The van der Waals surface area contributed by atoms with Gasteiger partial charge >= 0.3 is 0 Å². The number of fused-ring (bicyclic) bond motifs is 1. The van der Waals surface area contributed by atoms with E-state index in [0.29, 0.717) is 41.7 Å². The number of amides is 3. The quantitative estimate of drug-likeness (QED) is 0.145. The van der Waals surface area contributed by atoms with Crippen molar-refractivity contribution in [2.75, 3.05) is 29.6 Å². The van der Waals surface area contributed by atoms with E-state index in [4.69, 9.17) is 9.47 Å². The summed E-state index contributed by atoms with van der Waals surface area (Å²) in [6.45, 7) is 0.980. The molecule has 0 aromatic heterocycles. The van der Waals surface area contributed by atoms with E-state index in [1.165, 1.54) is 11.8 Å². The smallest absolute Gasteiger partial charge is 0.272 e. The minimum absolute atomic E-state index is 0.0937. The number of carbonyl (C=O) groups is 3. The summed E-state index contributed by atoms with van der Waals surface area (Å²) in [6.07, 6.45) is 1.62. The first-order valence-electron chi connectivity index (χ1n) is 13.0. The zero-order valence-corrected chi connectivity index (χ0v) is 24.7. The molecule has 8 nitrogen and oxygen atoms in total. The number of ether oxygens (including phenoxy) is 2. The second-order valence-electron chi connectivity index (χ2n) is 9.11.